The molecule has 1 aliphatic heterocycles. The molecular weight excluding hydrogens is 312 g/mol. The number of nitrogens with zero attached hydrogens (tertiary/aromatic N) is 1. The van der Waals surface area contributed by atoms with Gasteiger partial charge >= 0.3 is 0 Å². The summed E-state index contributed by atoms with van der Waals surface area (Å²) in [6.45, 7) is 4.85. The Morgan fingerprint density at radius 3 is 2.60 bits per heavy atom. The zero-order chi connectivity index (χ0) is 17.5. The molecule has 1 unspecified atom stereocenters. The van der Waals surface area contributed by atoms with Crippen LogP contribution in [0.1, 0.15) is 30.0 Å². The summed E-state index contributed by atoms with van der Waals surface area (Å²) in [5, 5.41) is 3.04. The number of rotatable bonds is 7. The minimum Gasteiger partial charge on any atom is -0.484 e. The first kappa shape index (κ1) is 17.5. The number of carbonyl (C=O) groups is 1. The van der Waals surface area contributed by atoms with Gasteiger partial charge in [-0.2, -0.15) is 0 Å². The average molecular weight is 338 g/mol. The molecule has 132 valence electrons. The molecule has 3 rings (SSSR count). The summed E-state index contributed by atoms with van der Waals surface area (Å²) in [4.78, 5) is 14.7. The van der Waals surface area contributed by atoms with E-state index in [4.69, 9.17) is 4.74 Å². The van der Waals surface area contributed by atoms with Crippen LogP contribution in [0.3, 0.4) is 0 Å². The molecule has 4 heteroatoms. The van der Waals surface area contributed by atoms with Crippen molar-refractivity contribution in [1.82, 2.24) is 10.2 Å². The maximum atomic E-state index is 12.2. The molecule has 1 N–H and O–H groups in total. The zero-order valence-corrected chi connectivity index (χ0v) is 14.8. The predicted octanol–water partition coefficient (Wildman–Crippen LogP) is 3.33. The summed E-state index contributed by atoms with van der Waals surface area (Å²) in [7, 11) is 0. The Bertz CT molecular complexity index is 681. The quantitative estimate of drug-likeness (QED) is 0.842. The molecule has 4 nitrogen and oxygen atoms in total. The van der Waals surface area contributed by atoms with Gasteiger partial charge in [0.2, 0.25) is 0 Å². The summed E-state index contributed by atoms with van der Waals surface area (Å²) >= 11 is 0. The van der Waals surface area contributed by atoms with Gasteiger partial charge < -0.3 is 10.1 Å². The Balaban J connectivity index is 1.54. The zero-order valence-electron chi connectivity index (χ0n) is 14.8. The second-order valence-corrected chi connectivity index (χ2v) is 6.58. The summed E-state index contributed by atoms with van der Waals surface area (Å²) in [5.74, 6) is 0.649. The fourth-order valence-corrected chi connectivity index (χ4v) is 3.30. The summed E-state index contributed by atoms with van der Waals surface area (Å²) in [6.07, 6.45) is 2.46. The van der Waals surface area contributed by atoms with Gasteiger partial charge in [-0.3, -0.25) is 9.69 Å². The van der Waals surface area contributed by atoms with Crippen molar-refractivity contribution in [2.24, 2.45) is 0 Å². The first-order valence-corrected chi connectivity index (χ1v) is 8.97. The van der Waals surface area contributed by atoms with Crippen molar-refractivity contribution in [3.8, 4) is 5.75 Å². The number of amides is 1. The van der Waals surface area contributed by atoms with Crippen LogP contribution in [-0.4, -0.2) is 37.0 Å². The first-order valence-electron chi connectivity index (χ1n) is 8.97. The molecule has 2 aromatic rings. The third-order valence-electron chi connectivity index (χ3n) is 4.62. The van der Waals surface area contributed by atoms with Gasteiger partial charge in [-0.05, 0) is 56.1 Å². The monoisotopic (exact) mass is 338 g/mol. The molecule has 0 saturated carbocycles. The molecule has 1 saturated heterocycles. The molecule has 1 amide bonds. The van der Waals surface area contributed by atoms with E-state index in [-0.39, 0.29) is 18.6 Å². The summed E-state index contributed by atoms with van der Waals surface area (Å²) < 4.78 is 5.59. The van der Waals surface area contributed by atoms with Crippen LogP contribution in [0.15, 0.2) is 54.6 Å². The van der Waals surface area contributed by atoms with E-state index in [0.29, 0.717) is 6.54 Å². The molecule has 1 aliphatic rings. The third kappa shape index (κ3) is 5.07. The van der Waals surface area contributed by atoms with Crippen molar-refractivity contribution in [3.05, 3.63) is 65.7 Å². The van der Waals surface area contributed by atoms with Gasteiger partial charge in [0.1, 0.15) is 5.75 Å². The number of hydrogen-bond acceptors (Lipinski definition) is 3. The number of benzene rings is 2. The number of aryl methyl sites for hydroxylation is 1. The molecule has 1 atom stereocenters. The fraction of sp³-hybridized carbons (Fsp3) is 0.381. The molecule has 0 aliphatic carbocycles. The van der Waals surface area contributed by atoms with Crippen LogP contribution < -0.4 is 10.1 Å². The fourth-order valence-electron chi connectivity index (χ4n) is 3.30. The Kier molecular flexibility index (Phi) is 6.07. The van der Waals surface area contributed by atoms with Gasteiger partial charge in [0.15, 0.2) is 6.61 Å². The normalized spacial score (nSPS) is 15.7. The minimum atomic E-state index is -0.0818. The van der Waals surface area contributed by atoms with Crippen molar-refractivity contribution in [2.75, 3.05) is 26.2 Å². The topological polar surface area (TPSA) is 41.6 Å². The van der Waals surface area contributed by atoms with Gasteiger partial charge in [0, 0.05) is 6.54 Å². The Hall–Kier alpha value is -2.33. The van der Waals surface area contributed by atoms with Crippen molar-refractivity contribution in [2.45, 2.75) is 25.8 Å². The molecule has 0 aromatic heterocycles. The Morgan fingerprint density at radius 2 is 1.88 bits per heavy atom. The van der Waals surface area contributed by atoms with E-state index < -0.39 is 0 Å². The maximum absolute atomic E-state index is 12.2. The lowest BCUT2D eigenvalue weighted by Crippen LogP contribution is -2.38. The van der Waals surface area contributed by atoms with Crippen LogP contribution in [0, 0.1) is 6.92 Å². The minimum absolute atomic E-state index is 0.0466. The lowest BCUT2D eigenvalue weighted by molar-refractivity contribution is -0.123. The van der Waals surface area contributed by atoms with Gasteiger partial charge in [0.25, 0.3) is 5.91 Å². The highest BCUT2D eigenvalue weighted by Gasteiger charge is 2.23. The van der Waals surface area contributed by atoms with Gasteiger partial charge in [-0.15, -0.1) is 0 Å². The van der Waals surface area contributed by atoms with E-state index in [9.17, 15) is 4.79 Å². The standard InChI is InChI=1S/C21H26N2O2/c1-17-8-7-11-19(14-17)25-16-21(24)22-15-20(23-12-5-6-13-23)18-9-3-2-4-10-18/h2-4,7-11,14,20H,5-6,12-13,15-16H2,1H3,(H,22,24). The van der Waals surface area contributed by atoms with Crippen molar-refractivity contribution in [1.29, 1.82) is 0 Å². The van der Waals surface area contributed by atoms with E-state index in [1.54, 1.807) is 0 Å². The smallest absolute Gasteiger partial charge is 0.258 e. The average Bonchev–Trinajstić information content (AvgIpc) is 3.15. The molecule has 0 radical (unpaired) electrons. The Morgan fingerprint density at radius 1 is 1.12 bits per heavy atom. The summed E-state index contributed by atoms with van der Waals surface area (Å²) in [5.41, 5.74) is 2.38. The van der Waals surface area contributed by atoms with Crippen LogP contribution in [0.25, 0.3) is 0 Å². The Labute approximate surface area is 149 Å². The third-order valence-corrected chi connectivity index (χ3v) is 4.62. The number of carbonyl (C=O) groups excluding carboxylic acids is 1. The number of hydrogen-bond donors (Lipinski definition) is 1. The number of nitrogens with one attached hydrogen (secondary N) is 1. The molecule has 2 aromatic carbocycles. The molecule has 25 heavy (non-hydrogen) atoms. The highest BCUT2D eigenvalue weighted by molar-refractivity contribution is 5.77. The van der Waals surface area contributed by atoms with Crippen molar-refractivity contribution in [3.63, 3.8) is 0 Å². The lowest BCUT2D eigenvalue weighted by Gasteiger charge is -2.28. The SMILES string of the molecule is Cc1cccc(OCC(=O)NCC(c2ccccc2)N2CCCC2)c1. The maximum Gasteiger partial charge on any atom is 0.258 e. The molecule has 1 heterocycles. The van der Waals surface area contributed by atoms with Gasteiger partial charge in [-0.1, -0.05) is 42.5 Å². The van der Waals surface area contributed by atoms with Crippen LogP contribution in [-0.2, 0) is 4.79 Å². The molecule has 1 fully saturated rings. The first-order chi connectivity index (χ1) is 12.2. The van der Waals surface area contributed by atoms with Crippen molar-refractivity contribution < 1.29 is 9.53 Å². The van der Waals surface area contributed by atoms with Gasteiger partial charge in [0.05, 0.1) is 6.04 Å². The molecule has 0 spiro atoms. The van der Waals surface area contributed by atoms with Crippen LogP contribution >= 0.6 is 0 Å². The van der Waals surface area contributed by atoms with Gasteiger partial charge in [-0.25, -0.2) is 0 Å². The highest BCUT2D eigenvalue weighted by atomic mass is 16.5. The highest BCUT2D eigenvalue weighted by Crippen LogP contribution is 2.24. The van der Waals surface area contributed by atoms with E-state index in [1.807, 2.05) is 37.3 Å². The van der Waals surface area contributed by atoms with Crippen LogP contribution in [0.5, 0.6) is 5.75 Å². The van der Waals surface area contributed by atoms with Crippen LogP contribution in [0.4, 0.5) is 0 Å². The van der Waals surface area contributed by atoms with E-state index in [2.05, 4.69) is 34.5 Å². The molecular formula is C21H26N2O2. The second kappa shape index (κ2) is 8.67. The predicted molar refractivity (Wildman–Crippen MR) is 99.7 cm³/mol. The van der Waals surface area contributed by atoms with E-state index in [0.717, 1.165) is 24.4 Å². The second-order valence-electron chi connectivity index (χ2n) is 6.58. The lowest BCUT2D eigenvalue weighted by atomic mass is 10.1. The van der Waals surface area contributed by atoms with Crippen molar-refractivity contribution >= 4 is 5.91 Å². The number of ether oxygens (including phenoxy) is 1. The van der Waals surface area contributed by atoms with E-state index >= 15 is 0 Å². The van der Waals surface area contributed by atoms with Crippen LogP contribution in [0.2, 0.25) is 0 Å². The molecule has 0 bridgehead atoms. The van der Waals surface area contributed by atoms with E-state index in [1.165, 1.54) is 18.4 Å². The summed E-state index contributed by atoms with van der Waals surface area (Å²) in [6, 6.07) is 18.4. The largest absolute Gasteiger partial charge is 0.484 e. The number of likely N-dealkylation sites (tertiary alicyclic amines) is 1.